The maximum Gasteiger partial charge on any atom is 0.219 e. The van der Waals surface area contributed by atoms with E-state index in [0.29, 0.717) is 24.2 Å². The molecule has 0 aliphatic carbocycles. The monoisotopic (exact) mass is 615 g/mol. The van der Waals surface area contributed by atoms with E-state index in [4.69, 9.17) is 9.97 Å². The van der Waals surface area contributed by atoms with Gasteiger partial charge in [-0.2, -0.15) is 0 Å². The first-order valence-electron chi connectivity index (χ1n) is 13.4. The molecular weight excluding hydrogens is 571 g/mol. The third-order valence-electron chi connectivity index (χ3n) is 5.51. The third-order valence-corrected chi connectivity index (χ3v) is 5.51. The molecule has 0 aliphatic rings. The van der Waals surface area contributed by atoms with Crippen LogP contribution >= 0.6 is 0 Å². The van der Waals surface area contributed by atoms with Gasteiger partial charge in [-0.05, 0) is 18.1 Å². The van der Waals surface area contributed by atoms with Crippen LogP contribution in [-0.2, 0) is 50.3 Å². The molecule has 0 spiro atoms. The summed E-state index contributed by atoms with van der Waals surface area (Å²) in [7, 11) is 1.68. The van der Waals surface area contributed by atoms with Gasteiger partial charge in [0.15, 0.2) is 5.65 Å². The van der Waals surface area contributed by atoms with Gasteiger partial charge in [0.1, 0.15) is 5.69 Å². The quantitative estimate of drug-likeness (QED) is 0.195. The molecule has 3 aromatic carbocycles. The van der Waals surface area contributed by atoms with E-state index in [2.05, 4.69) is 16.9 Å². The minimum Gasteiger partial charge on any atom is -0.493 e. The van der Waals surface area contributed by atoms with Crippen LogP contribution in [0.1, 0.15) is 57.1 Å². The Morgan fingerprint density at radius 2 is 1.12 bits per heavy atom. The normalized spacial score (nSPS) is 9.35. The van der Waals surface area contributed by atoms with Crippen LogP contribution in [0.5, 0.6) is 5.88 Å². The van der Waals surface area contributed by atoms with Crippen LogP contribution in [-0.4, -0.2) is 33.2 Å². The summed E-state index contributed by atoms with van der Waals surface area (Å²) >= 11 is 0. The van der Waals surface area contributed by atoms with Crippen LogP contribution in [0.25, 0.3) is 16.9 Å². The van der Waals surface area contributed by atoms with E-state index in [1.807, 2.05) is 120 Å². The number of fused-ring (bicyclic) bond motifs is 1. The van der Waals surface area contributed by atoms with Gasteiger partial charge < -0.3 is 17.3 Å². The molecule has 5 rings (SSSR count). The summed E-state index contributed by atoms with van der Waals surface area (Å²) in [4.78, 5) is 9.72. The van der Waals surface area contributed by atoms with E-state index >= 15 is 0 Å². The molecule has 0 atom stereocenters. The third kappa shape index (κ3) is 10.6. The molecule has 1 radical (unpaired) electrons. The van der Waals surface area contributed by atoms with Crippen LogP contribution in [0.15, 0.2) is 97.2 Å². The van der Waals surface area contributed by atoms with Crippen LogP contribution in [0.2, 0.25) is 0 Å². The second-order valence-electron chi connectivity index (χ2n) is 7.92. The van der Waals surface area contributed by atoms with Gasteiger partial charge in [-0.25, -0.2) is 9.97 Å². The van der Waals surface area contributed by atoms with Crippen molar-refractivity contribution in [3.05, 3.63) is 127 Å². The number of imidazole rings is 1. The van der Waals surface area contributed by atoms with Crippen LogP contribution in [0.3, 0.4) is 0 Å². The second-order valence-corrected chi connectivity index (χ2v) is 7.92. The fourth-order valence-corrected chi connectivity index (χ4v) is 3.71. The summed E-state index contributed by atoms with van der Waals surface area (Å²) in [5.41, 5.74) is 6.28. The van der Waals surface area contributed by atoms with Crippen molar-refractivity contribution in [1.82, 2.24) is 14.4 Å². The molecule has 0 unspecified atom stereocenters. The molecule has 6 heteroatoms. The molecule has 5 aromatic rings. The topological polar surface area (TPSA) is 59.7 Å². The van der Waals surface area contributed by atoms with Crippen LogP contribution < -0.4 is 0 Å². The van der Waals surface area contributed by atoms with Crippen molar-refractivity contribution in [2.45, 2.75) is 47.5 Å². The van der Waals surface area contributed by atoms with E-state index in [0.717, 1.165) is 34.7 Å². The van der Waals surface area contributed by atoms with Gasteiger partial charge in [-0.15, -0.1) is 0 Å². The summed E-state index contributed by atoms with van der Waals surface area (Å²) in [5.74, 6) is 0.169. The Hall–Kier alpha value is -2.86. The first-order valence-corrected chi connectivity index (χ1v) is 13.4. The SMILES string of the molecule is CC.CC.CCOC.Oc1c(Cc2ccccc2)nc2c(Cc3ccccc3)nc(-c3ccccc3)cn12.[CH3-].[Y]. The number of ether oxygens (including phenoxy) is 1. The van der Waals surface area contributed by atoms with Crippen molar-refractivity contribution in [2.75, 3.05) is 13.7 Å². The first-order chi connectivity index (χ1) is 18.7. The fraction of sp³-hybridized carbons (Fsp3) is 0.265. The minimum absolute atomic E-state index is 0. The Kier molecular flexibility index (Phi) is 19.5. The van der Waals surface area contributed by atoms with Crippen molar-refractivity contribution in [1.29, 1.82) is 0 Å². The zero-order chi connectivity index (χ0) is 27.8. The van der Waals surface area contributed by atoms with Gasteiger partial charge in [0.2, 0.25) is 5.88 Å². The van der Waals surface area contributed by atoms with Gasteiger partial charge in [-0.1, -0.05) is 119 Å². The van der Waals surface area contributed by atoms with Crippen molar-refractivity contribution >= 4 is 5.65 Å². The fourth-order valence-electron chi connectivity index (χ4n) is 3.71. The Morgan fingerprint density at radius 3 is 1.57 bits per heavy atom. The van der Waals surface area contributed by atoms with Gasteiger partial charge in [0.05, 0.1) is 11.4 Å². The molecule has 5 nitrogen and oxygen atoms in total. The Bertz CT molecular complexity index is 1320. The standard InChI is InChI=1S/C26H21N3O.C3H8O.2C2H6.CH3.Y/c30-26-23(17-20-12-6-2-7-13-20)28-25-22(16-19-10-4-1-5-11-19)27-24(18-29(25)26)21-14-8-3-9-15-21;1-3-4-2;2*1-2;;/h1-15,18,30H,16-17H2;3H2,1-2H3;2*1-2H3;1H3;/q;;;;-1;. The number of aromatic hydroxyl groups is 1. The molecule has 1 N–H and O–H groups in total. The van der Waals surface area contributed by atoms with Crippen molar-refractivity contribution < 1.29 is 42.6 Å². The summed E-state index contributed by atoms with van der Waals surface area (Å²) in [6.07, 6.45) is 3.09. The van der Waals surface area contributed by atoms with Crippen LogP contribution in [0.4, 0.5) is 0 Å². The zero-order valence-electron chi connectivity index (χ0n) is 25.1. The van der Waals surface area contributed by atoms with Crippen molar-refractivity contribution in [3.63, 3.8) is 0 Å². The molecule has 2 aromatic heterocycles. The summed E-state index contributed by atoms with van der Waals surface area (Å²) in [6, 6.07) is 30.3. The average Bonchev–Trinajstić information content (AvgIpc) is 3.31. The van der Waals surface area contributed by atoms with E-state index in [1.54, 1.807) is 11.5 Å². The summed E-state index contributed by atoms with van der Waals surface area (Å²) in [6.45, 7) is 10.8. The number of benzene rings is 3. The van der Waals surface area contributed by atoms with Crippen molar-refractivity contribution in [3.8, 4) is 17.1 Å². The zero-order valence-corrected chi connectivity index (χ0v) is 28.0. The average molecular weight is 616 g/mol. The Morgan fingerprint density at radius 1 is 0.700 bits per heavy atom. The number of nitrogens with zero attached hydrogens (tertiary/aromatic N) is 3. The summed E-state index contributed by atoms with van der Waals surface area (Å²) in [5, 5.41) is 11.0. The number of hydrogen-bond donors (Lipinski definition) is 1. The van der Waals surface area contributed by atoms with Gasteiger partial charge >= 0.3 is 0 Å². The molecule has 0 bridgehead atoms. The first kappa shape index (κ1) is 37.1. The molecule has 0 aliphatic heterocycles. The van der Waals surface area contributed by atoms with Crippen LogP contribution in [0, 0.1) is 7.43 Å². The Labute approximate surface area is 266 Å². The molecule has 0 amide bonds. The number of methoxy groups -OCH3 is 1. The Balaban J connectivity index is 0.00000138. The minimum atomic E-state index is 0. The largest absolute Gasteiger partial charge is 0.493 e. The molecule has 211 valence electrons. The molecule has 0 saturated heterocycles. The molecule has 0 saturated carbocycles. The smallest absolute Gasteiger partial charge is 0.219 e. The molecule has 2 heterocycles. The van der Waals surface area contributed by atoms with Crippen molar-refractivity contribution in [2.24, 2.45) is 0 Å². The van der Waals surface area contributed by atoms with E-state index < -0.39 is 0 Å². The van der Waals surface area contributed by atoms with E-state index in [9.17, 15) is 5.11 Å². The predicted octanol–water partition coefficient (Wildman–Crippen LogP) is 8.44. The maximum absolute atomic E-state index is 11.0. The number of hydrogen-bond acceptors (Lipinski definition) is 4. The summed E-state index contributed by atoms with van der Waals surface area (Å²) < 4.78 is 6.31. The van der Waals surface area contributed by atoms with Gasteiger partial charge in [-0.3, -0.25) is 4.40 Å². The van der Waals surface area contributed by atoms with E-state index in [1.165, 1.54) is 0 Å². The van der Waals surface area contributed by atoms with Gasteiger partial charge in [0.25, 0.3) is 0 Å². The second kappa shape index (κ2) is 21.0. The maximum atomic E-state index is 11.0. The molecule has 0 fully saturated rings. The number of aromatic nitrogens is 3. The molecular formula is C34H44N3O2Y-. The molecule has 40 heavy (non-hydrogen) atoms. The van der Waals surface area contributed by atoms with E-state index in [-0.39, 0.29) is 46.0 Å². The van der Waals surface area contributed by atoms with Gasteiger partial charge in [0, 0.05) is 71.0 Å². The number of rotatable bonds is 6. The predicted molar refractivity (Wildman–Crippen MR) is 165 cm³/mol.